The van der Waals surface area contributed by atoms with Gasteiger partial charge in [0.2, 0.25) is 15.9 Å². The molecule has 0 aliphatic rings. The molecule has 0 aliphatic carbocycles. The van der Waals surface area contributed by atoms with Gasteiger partial charge in [0, 0.05) is 5.56 Å². The zero-order valence-corrected chi connectivity index (χ0v) is 18.6. The summed E-state index contributed by atoms with van der Waals surface area (Å²) in [6, 6.07) is 11.0. The van der Waals surface area contributed by atoms with Gasteiger partial charge in [-0.1, -0.05) is 49.2 Å². The number of amides is 1. The molecule has 0 radical (unpaired) electrons. The molecule has 0 bridgehead atoms. The van der Waals surface area contributed by atoms with Crippen LogP contribution in [-0.2, 0) is 14.8 Å². The minimum atomic E-state index is -3.82. The highest BCUT2D eigenvalue weighted by molar-refractivity contribution is 7.89. The van der Waals surface area contributed by atoms with Crippen molar-refractivity contribution in [2.45, 2.75) is 51.6 Å². The normalized spacial score (nSPS) is 13.8. The van der Waals surface area contributed by atoms with Crippen molar-refractivity contribution in [2.24, 2.45) is 5.92 Å². The van der Waals surface area contributed by atoms with Crippen LogP contribution in [0.1, 0.15) is 43.5 Å². The maximum Gasteiger partial charge on any atom is 0.241 e. The second kappa shape index (κ2) is 9.41. The molecular weight excluding hydrogens is 388 g/mol. The SMILES string of the molecule is COc1ccc(C)cc1[C@H](C)NC(=O)[C@@H](NS(=O)(=O)c1ccc(C)cc1)C(C)C. The van der Waals surface area contributed by atoms with E-state index in [0.29, 0.717) is 5.75 Å². The summed E-state index contributed by atoms with van der Waals surface area (Å²) in [6.45, 7) is 9.31. The molecule has 0 aromatic heterocycles. The third-order valence-corrected chi connectivity index (χ3v) is 6.23. The van der Waals surface area contributed by atoms with Crippen molar-refractivity contribution in [3.63, 3.8) is 0 Å². The Labute approximate surface area is 173 Å². The van der Waals surface area contributed by atoms with Gasteiger partial charge in [-0.25, -0.2) is 8.42 Å². The molecular formula is C22H30N2O4S. The van der Waals surface area contributed by atoms with Gasteiger partial charge >= 0.3 is 0 Å². The Kier molecular flexibility index (Phi) is 7.43. The number of benzene rings is 2. The Morgan fingerprint density at radius 3 is 2.10 bits per heavy atom. The second-order valence-corrected chi connectivity index (χ2v) is 9.35. The molecule has 0 aliphatic heterocycles. The molecule has 0 fully saturated rings. The summed E-state index contributed by atoms with van der Waals surface area (Å²) < 4.78 is 33.5. The highest BCUT2D eigenvalue weighted by Crippen LogP contribution is 2.26. The Morgan fingerprint density at radius 1 is 0.966 bits per heavy atom. The highest BCUT2D eigenvalue weighted by atomic mass is 32.2. The van der Waals surface area contributed by atoms with E-state index in [2.05, 4.69) is 10.0 Å². The number of hydrogen-bond acceptors (Lipinski definition) is 4. The molecule has 0 saturated heterocycles. The van der Waals surface area contributed by atoms with E-state index in [0.717, 1.165) is 16.7 Å². The number of methoxy groups -OCH3 is 1. The molecule has 0 unspecified atom stereocenters. The molecule has 1 amide bonds. The number of nitrogens with one attached hydrogen (secondary N) is 2. The fourth-order valence-corrected chi connectivity index (χ4v) is 4.36. The standard InChI is InChI=1S/C22H30N2O4S/c1-14(2)21(24-29(26,27)18-10-7-15(3)8-11-18)22(25)23-17(5)19-13-16(4)9-12-20(19)28-6/h7-14,17,21,24H,1-6H3,(H,23,25)/t17-,21-/m0/s1. The molecule has 2 N–H and O–H groups in total. The largest absolute Gasteiger partial charge is 0.496 e. The van der Waals surface area contributed by atoms with Crippen LogP contribution in [0.3, 0.4) is 0 Å². The number of hydrogen-bond donors (Lipinski definition) is 2. The molecule has 2 aromatic carbocycles. The summed E-state index contributed by atoms with van der Waals surface area (Å²) in [5, 5.41) is 2.92. The summed E-state index contributed by atoms with van der Waals surface area (Å²) in [5.41, 5.74) is 2.84. The highest BCUT2D eigenvalue weighted by Gasteiger charge is 2.29. The van der Waals surface area contributed by atoms with Crippen LogP contribution >= 0.6 is 0 Å². The van der Waals surface area contributed by atoms with Crippen molar-refractivity contribution in [2.75, 3.05) is 7.11 Å². The molecule has 0 heterocycles. The van der Waals surface area contributed by atoms with E-state index in [4.69, 9.17) is 4.74 Å². The minimum Gasteiger partial charge on any atom is -0.496 e. The average molecular weight is 419 g/mol. The van der Waals surface area contributed by atoms with Crippen LogP contribution in [0.5, 0.6) is 5.75 Å². The summed E-state index contributed by atoms with van der Waals surface area (Å²) in [5.74, 6) is 0.0540. The lowest BCUT2D eigenvalue weighted by atomic mass is 10.0. The number of ether oxygens (including phenoxy) is 1. The first-order valence-corrected chi connectivity index (χ1v) is 11.1. The topological polar surface area (TPSA) is 84.5 Å². The summed E-state index contributed by atoms with van der Waals surface area (Å²) in [4.78, 5) is 13.1. The van der Waals surface area contributed by atoms with Gasteiger partial charge < -0.3 is 10.1 Å². The Balaban J connectivity index is 2.21. The lowest BCUT2D eigenvalue weighted by Crippen LogP contribution is -2.50. The number of sulfonamides is 1. The molecule has 2 aromatic rings. The molecule has 29 heavy (non-hydrogen) atoms. The van der Waals surface area contributed by atoms with E-state index in [1.165, 1.54) is 12.1 Å². The first-order valence-electron chi connectivity index (χ1n) is 9.59. The monoisotopic (exact) mass is 418 g/mol. The van der Waals surface area contributed by atoms with Gasteiger partial charge in [-0.15, -0.1) is 0 Å². The maximum absolute atomic E-state index is 12.9. The lowest BCUT2D eigenvalue weighted by molar-refractivity contribution is -0.124. The van der Waals surface area contributed by atoms with E-state index >= 15 is 0 Å². The first kappa shape index (κ1) is 22.9. The summed E-state index contributed by atoms with van der Waals surface area (Å²) in [7, 11) is -2.24. The lowest BCUT2D eigenvalue weighted by Gasteiger charge is -2.25. The smallest absolute Gasteiger partial charge is 0.241 e. The molecule has 6 nitrogen and oxygen atoms in total. The van der Waals surface area contributed by atoms with Crippen LogP contribution < -0.4 is 14.8 Å². The van der Waals surface area contributed by atoms with Crippen LogP contribution in [0.2, 0.25) is 0 Å². The van der Waals surface area contributed by atoms with Crippen molar-refractivity contribution in [3.8, 4) is 5.75 Å². The zero-order valence-electron chi connectivity index (χ0n) is 17.8. The van der Waals surface area contributed by atoms with Gasteiger partial charge in [0.25, 0.3) is 0 Å². The van der Waals surface area contributed by atoms with Gasteiger partial charge in [0.05, 0.1) is 18.0 Å². The molecule has 0 spiro atoms. The van der Waals surface area contributed by atoms with E-state index in [1.807, 2.05) is 39.0 Å². The Morgan fingerprint density at radius 2 is 1.55 bits per heavy atom. The Hall–Kier alpha value is -2.38. The third kappa shape index (κ3) is 5.81. The molecule has 158 valence electrons. The fraction of sp³-hybridized carbons (Fsp3) is 0.409. The van der Waals surface area contributed by atoms with E-state index in [-0.39, 0.29) is 22.8 Å². The Bertz CT molecular complexity index is 953. The maximum atomic E-state index is 12.9. The van der Waals surface area contributed by atoms with Crippen molar-refractivity contribution >= 4 is 15.9 Å². The van der Waals surface area contributed by atoms with Crippen molar-refractivity contribution in [1.82, 2.24) is 10.0 Å². The van der Waals surface area contributed by atoms with Gasteiger partial charge in [0.1, 0.15) is 11.8 Å². The van der Waals surface area contributed by atoms with Crippen LogP contribution in [0.25, 0.3) is 0 Å². The number of carbonyl (C=O) groups is 1. The first-order chi connectivity index (χ1) is 13.5. The van der Waals surface area contributed by atoms with E-state index in [9.17, 15) is 13.2 Å². The minimum absolute atomic E-state index is 0.134. The number of aryl methyl sites for hydroxylation is 2. The van der Waals surface area contributed by atoms with Crippen molar-refractivity contribution in [1.29, 1.82) is 0 Å². The fourth-order valence-electron chi connectivity index (χ4n) is 3.02. The van der Waals surface area contributed by atoms with Crippen molar-refractivity contribution < 1.29 is 17.9 Å². The summed E-state index contributed by atoms with van der Waals surface area (Å²) >= 11 is 0. The molecule has 2 rings (SSSR count). The quantitative estimate of drug-likeness (QED) is 0.687. The number of rotatable bonds is 8. The van der Waals surface area contributed by atoms with Crippen LogP contribution in [0, 0.1) is 19.8 Å². The predicted molar refractivity (Wildman–Crippen MR) is 114 cm³/mol. The second-order valence-electron chi connectivity index (χ2n) is 7.63. The molecule has 0 saturated carbocycles. The molecule has 2 atom stereocenters. The van der Waals surface area contributed by atoms with E-state index < -0.39 is 16.1 Å². The van der Waals surface area contributed by atoms with Gasteiger partial charge in [-0.3, -0.25) is 4.79 Å². The van der Waals surface area contributed by atoms with Gasteiger partial charge in [0.15, 0.2) is 0 Å². The molecule has 7 heteroatoms. The van der Waals surface area contributed by atoms with Gasteiger partial charge in [-0.05, 0) is 44.9 Å². The average Bonchev–Trinajstić information content (AvgIpc) is 2.66. The van der Waals surface area contributed by atoms with E-state index in [1.54, 1.807) is 33.1 Å². The zero-order chi connectivity index (χ0) is 21.8. The van der Waals surface area contributed by atoms with Crippen LogP contribution in [-0.4, -0.2) is 27.5 Å². The summed E-state index contributed by atoms with van der Waals surface area (Å²) in [6.07, 6.45) is 0. The van der Waals surface area contributed by atoms with Crippen LogP contribution in [0.15, 0.2) is 47.4 Å². The third-order valence-electron chi connectivity index (χ3n) is 4.77. The number of carbonyl (C=O) groups excluding carboxylic acids is 1. The van der Waals surface area contributed by atoms with Crippen molar-refractivity contribution in [3.05, 3.63) is 59.2 Å². The van der Waals surface area contributed by atoms with Gasteiger partial charge in [-0.2, -0.15) is 4.72 Å². The van der Waals surface area contributed by atoms with Crippen LogP contribution in [0.4, 0.5) is 0 Å². The predicted octanol–water partition coefficient (Wildman–Crippen LogP) is 3.49.